The van der Waals surface area contributed by atoms with E-state index >= 15 is 0 Å². The number of carboxylic acids is 2. The summed E-state index contributed by atoms with van der Waals surface area (Å²) in [5.74, 6) is -6.21. The second-order valence-corrected chi connectivity index (χ2v) is 10.0. The predicted molar refractivity (Wildman–Crippen MR) is 144 cm³/mol. The number of aliphatic carboxylic acids is 2. The van der Waals surface area contributed by atoms with Gasteiger partial charge in [-0.15, -0.1) is 0 Å². The molecular formula is C29H42O12. The second kappa shape index (κ2) is 19.4. The van der Waals surface area contributed by atoms with E-state index in [2.05, 4.69) is 13.2 Å². The molecule has 2 fully saturated rings. The van der Waals surface area contributed by atoms with E-state index in [1.54, 1.807) is 6.92 Å². The largest absolute Gasteiger partial charge is 0.481 e. The maximum absolute atomic E-state index is 11.9. The molecule has 0 aromatic rings. The molecule has 0 radical (unpaired) electrons. The van der Waals surface area contributed by atoms with Crippen LogP contribution in [0, 0.1) is 23.7 Å². The summed E-state index contributed by atoms with van der Waals surface area (Å²) in [5.41, 5.74) is 0.318. The highest BCUT2D eigenvalue weighted by atomic mass is 16.6. The second-order valence-electron chi connectivity index (χ2n) is 10.0. The van der Waals surface area contributed by atoms with E-state index in [0.717, 1.165) is 31.8 Å². The Morgan fingerprint density at radius 3 is 1.39 bits per heavy atom. The normalized spacial score (nSPS) is 21.6. The average Bonchev–Trinajstić information content (AvgIpc) is 2.96. The molecule has 0 bridgehead atoms. The van der Waals surface area contributed by atoms with Crippen LogP contribution in [0.3, 0.4) is 0 Å². The van der Waals surface area contributed by atoms with Gasteiger partial charge in [-0.25, -0.2) is 9.59 Å². The summed E-state index contributed by atoms with van der Waals surface area (Å²) in [6.45, 7) is 8.79. The summed E-state index contributed by atoms with van der Waals surface area (Å²) in [4.78, 5) is 67.8. The Kier molecular flexibility index (Phi) is 16.7. The first-order valence-corrected chi connectivity index (χ1v) is 13.9. The van der Waals surface area contributed by atoms with Crippen LogP contribution >= 0.6 is 0 Å². The molecular weight excluding hydrogens is 540 g/mol. The van der Waals surface area contributed by atoms with Gasteiger partial charge in [-0.1, -0.05) is 38.8 Å². The summed E-state index contributed by atoms with van der Waals surface area (Å²) in [6, 6.07) is 0. The van der Waals surface area contributed by atoms with Crippen LogP contribution in [0.4, 0.5) is 0 Å². The van der Waals surface area contributed by atoms with Crippen LogP contribution in [-0.2, 0) is 47.7 Å². The highest BCUT2D eigenvalue weighted by Gasteiger charge is 2.37. The smallest absolute Gasteiger partial charge is 0.333 e. The summed E-state index contributed by atoms with van der Waals surface area (Å²) in [7, 11) is 0. The molecule has 0 amide bonds. The molecule has 2 N–H and O–H groups in total. The third-order valence-corrected chi connectivity index (χ3v) is 6.83. The Labute approximate surface area is 240 Å². The lowest BCUT2D eigenvalue weighted by Crippen LogP contribution is -2.34. The molecule has 2 saturated carbocycles. The molecule has 0 saturated heterocycles. The van der Waals surface area contributed by atoms with Gasteiger partial charge in [0.05, 0.1) is 50.1 Å². The lowest BCUT2D eigenvalue weighted by Gasteiger charge is -2.26. The number of esters is 4. The minimum Gasteiger partial charge on any atom is -0.481 e. The number of hydrogen-bond acceptors (Lipinski definition) is 10. The van der Waals surface area contributed by atoms with Gasteiger partial charge in [-0.3, -0.25) is 19.2 Å². The van der Waals surface area contributed by atoms with Gasteiger partial charge >= 0.3 is 35.8 Å². The Hall–Kier alpha value is -3.70. The zero-order valence-corrected chi connectivity index (χ0v) is 23.7. The fourth-order valence-corrected chi connectivity index (χ4v) is 4.61. The van der Waals surface area contributed by atoms with Crippen molar-refractivity contribution in [3.05, 3.63) is 24.8 Å². The minimum atomic E-state index is -0.938. The first kappa shape index (κ1) is 35.3. The van der Waals surface area contributed by atoms with Crippen molar-refractivity contribution in [2.75, 3.05) is 26.4 Å². The lowest BCUT2D eigenvalue weighted by molar-refractivity contribution is -0.160. The van der Waals surface area contributed by atoms with Crippen molar-refractivity contribution in [2.45, 2.75) is 71.1 Å². The van der Waals surface area contributed by atoms with Crippen LogP contribution in [0.15, 0.2) is 24.8 Å². The number of carboxylic acid groups (broad SMARTS) is 2. The van der Waals surface area contributed by atoms with Crippen LogP contribution in [0.5, 0.6) is 0 Å². The van der Waals surface area contributed by atoms with Crippen molar-refractivity contribution in [2.24, 2.45) is 23.7 Å². The van der Waals surface area contributed by atoms with E-state index < -0.39 is 59.5 Å². The van der Waals surface area contributed by atoms with Gasteiger partial charge < -0.3 is 29.2 Å². The molecule has 0 heterocycles. The van der Waals surface area contributed by atoms with E-state index in [0.29, 0.717) is 44.1 Å². The van der Waals surface area contributed by atoms with Crippen molar-refractivity contribution >= 4 is 35.8 Å². The molecule has 4 atom stereocenters. The van der Waals surface area contributed by atoms with Gasteiger partial charge in [0.1, 0.15) is 0 Å². The fraction of sp³-hybridized carbons (Fsp3) is 0.655. The monoisotopic (exact) mass is 582 g/mol. The van der Waals surface area contributed by atoms with E-state index in [1.165, 1.54) is 0 Å². The highest BCUT2D eigenvalue weighted by molar-refractivity contribution is 5.87. The number of hydrogen-bond donors (Lipinski definition) is 2. The van der Waals surface area contributed by atoms with Crippen LogP contribution in [0.25, 0.3) is 0 Å². The first-order chi connectivity index (χ1) is 19.5. The Morgan fingerprint density at radius 1 is 0.659 bits per heavy atom. The third-order valence-electron chi connectivity index (χ3n) is 6.83. The molecule has 12 nitrogen and oxygen atoms in total. The molecule has 2 aliphatic carbocycles. The number of carbonyl (C=O) groups excluding carboxylic acids is 4. The summed E-state index contributed by atoms with van der Waals surface area (Å²) >= 11 is 0. The van der Waals surface area contributed by atoms with Gasteiger partial charge in [-0.05, 0) is 32.6 Å². The molecule has 0 aromatic carbocycles. The topological polar surface area (TPSA) is 180 Å². The zero-order valence-electron chi connectivity index (χ0n) is 23.7. The van der Waals surface area contributed by atoms with E-state index in [-0.39, 0.29) is 26.4 Å². The number of rotatable bonds is 14. The van der Waals surface area contributed by atoms with Gasteiger partial charge in [0.2, 0.25) is 0 Å². The molecule has 230 valence electrons. The van der Waals surface area contributed by atoms with Crippen molar-refractivity contribution in [1.29, 1.82) is 0 Å². The van der Waals surface area contributed by atoms with E-state index in [1.807, 2.05) is 0 Å². The molecule has 4 unspecified atom stereocenters. The molecule has 0 aromatic heterocycles. The lowest BCUT2D eigenvalue weighted by atomic mass is 9.79. The van der Waals surface area contributed by atoms with Gasteiger partial charge in [0, 0.05) is 24.5 Å². The zero-order chi connectivity index (χ0) is 30.8. The van der Waals surface area contributed by atoms with Crippen molar-refractivity contribution in [3.63, 3.8) is 0 Å². The third kappa shape index (κ3) is 13.5. The van der Waals surface area contributed by atoms with Crippen molar-refractivity contribution < 1.29 is 57.9 Å². The van der Waals surface area contributed by atoms with Crippen LogP contribution in [0.2, 0.25) is 0 Å². The maximum Gasteiger partial charge on any atom is 0.333 e. The molecule has 0 aliphatic heterocycles. The molecule has 2 rings (SSSR count). The summed E-state index contributed by atoms with van der Waals surface area (Å²) in [6.07, 6.45) is 7.34. The van der Waals surface area contributed by atoms with Gasteiger partial charge in [-0.2, -0.15) is 0 Å². The average molecular weight is 583 g/mol. The first-order valence-electron chi connectivity index (χ1n) is 13.9. The Morgan fingerprint density at radius 2 is 1.02 bits per heavy atom. The molecule has 0 spiro atoms. The standard InChI is InChI=1S/C15H22O6.C14H20O6/c1-10(2)14(18)20-8-5-9-21-15(19)12-7-4-3-6-11(12)13(16)17;1-2-12(15)19-8-5-9-20-14(18)11-7-4-3-6-10(11)13(16)17/h11-12H,1,3-9H2,2H3,(H,16,17);2,10-11H,1,3-9H2,(H,16,17). The Bertz CT molecular complexity index is 940. The SMILES string of the molecule is C=C(C)C(=O)OCCCOC(=O)C1CCCCC1C(=O)O.C=CC(=O)OCCCOC(=O)C1CCCCC1C(=O)O. The minimum absolute atomic E-state index is 0.116. The molecule has 12 heteroatoms. The highest BCUT2D eigenvalue weighted by Crippen LogP contribution is 2.32. The van der Waals surface area contributed by atoms with Crippen molar-refractivity contribution in [3.8, 4) is 0 Å². The number of ether oxygens (including phenoxy) is 4. The van der Waals surface area contributed by atoms with Crippen LogP contribution in [-0.4, -0.2) is 72.5 Å². The summed E-state index contributed by atoms with van der Waals surface area (Å²) in [5, 5.41) is 18.2. The Balaban J connectivity index is 0.000000410. The quantitative estimate of drug-likeness (QED) is 0.132. The van der Waals surface area contributed by atoms with Crippen molar-refractivity contribution in [1.82, 2.24) is 0 Å². The predicted octanol–water partition coefficient (Wildman–Crippen LogP) is 3.47. The van der Waals surface area contributed by atoms with Crippen LogP contribution in [0.1, 0.15) is 71.1 Å². The fourth-order valence-electron chi connectivity index (χ4n) is 4.61. The molecule has 2 aliphatic rings. The van der Waals surface area contributed by atoms with Gasteiger partial charge in [0.25, 0.3) is 0 Å². The van der Waals surface area contributed by atoms with Gasteiger partial charge in [0.15, 0.2) is 0 Å². The van der Waals surface area contributed by atoms with Crippen LogP contribution < -0.4 is 0 Å². The van der Waals surface area contributed by atoms with E-state index in [4.69, 9.17) is 29.2 Å². The summed E-state index contributed by atoms with van der Waals surface area (Å²) < 4.78 is 19.7. The maximum atomic E-state index is 11.9. The molecule has 41 heavy (non-hydrogen) atoms. The number of carbonyl (C=O) groups is 6. The van der Waals surface area contributed by atoms with E-state index in [9.17, 15) is 28.8 Å².